The molecule has 1 aliphatic carbocycles. The Kier molecular flexibility index (Phi) is 6.70. The van der Waals surface area contributed by atoms with Gasteiger partial charge in [0.2, 0.25) is 6.79 Å². The Morgan fingerprint density at radius 1 is 0.972 bits per heavy atom. The van der Waals surface area contributed by atoms with Crippen molar-refractivity contribution in [3.63, 3.8) is 0 Å². The van der Waals surface area contributed by atoms with E-state index in [1.165, 1.54) is 48.9 Å². The summed E-state index contributed by atoms with van der Waals surface area (Å²) in [4.78, 5) is 2.65. The van der Waals surface area contributed by atoms with Crippen molar-refractivity contribution >= 4 is 0 Å². The molecule has 0 radical (unpaired) electrons. The van der Waals surface area contributed by atoms with Gasteiger partial charge in [0.25, 0.3) is 0 Å². The smallest absolute Gasteiger partial charge is 0.231 e. The summed E-state index contributed by atoms with van der Waals surface area (Å²) in [5, 5.41) is 4.95. The molecule has 6 heteroatoms. The standard InChI is InChI=1S/C30H36FN3O2/c1-2-34-28(18-26(32-34)15-21-9-10-29-30(16-21)36-20-35-29)22-11-13-33(14-12-22)19-24-6-4-8-27(24)23-5-3-7-25(31)17-23/h3,5,7,9-10,16-18,22,24,27H,2,4,6,8,11-15,19-20H2,1H3/t24?,27-/m1/s1. The van der Waals surface area contributed by atoms with Gasteiger partial charge in [-0.2, -0.15) is 5.10 Å². The summed E-state index contributed by atoms with van der Waals surface area (Å²) in [5.41, 5.74) is 4.89. The summed E-state index contributed by atoms with van der Waals surface area (Å²) in [5.74, 6) is 3.24. The summed E-state index contributed by atoms with van der Waals surface area (Å²) >= 11 is 0. The molecule has 36 heavy (non-hydrogen) atoms. The lowest BCUT2D eigenvalue weighted by atomic mass is 9.87. The second-order valence-corrected chi connectivity index (χ2v) is 10.7. The minimum Gasteiger partial charge on any atom is -0.454 e. The van der Waals surface area contributed by atoms with Gasteiger partial charge >= 0.3 is 0 Å². The van der Waals surface area contributed by atoms with E-state index in [1.807, 2.05) is 12.1 Å². The molecule has 3 aliphatic rings. The molecule has 0 N–H and O–H groups in total. The second kappa shape index (κ2) is 10.3. The van der Waals surface area contributed by atoms with Gasteiger partial charge < -0.3 is 14.4 Å². The van der Waals surface area contributed by atoms with Crippen molar-refractivity contribution in [1.82, 2.24) is 14.7 Å². The van der Waals surface area contributed by atoms with Crippen LogP contribution in [-0.4, -0.2) is 41.1 Å². The Morgan fingerprint density at radius 3 is 2.67 bits per heavy atom. The van der Waals surface area contributed by atoms with Gasteiger partial charge in [-0.05, 0) is 99.0 Å². The number of nitrogens with zero attached hydrogens (tertiary/aromatic N) is 3. The van der Waals surface area contributed by atoms with Crippen molar-refractivity contribution < 1.29 is 13.9 Å². The van der Waals surface area contributed by atoms with E-state index < -0.39 is 0 Å². The maximum atomic E-state index is 13.8. The number of halogens is 1. The zero-order chi connectivity index (χ0) is 24.5. The van der Waals surface area contributed by atoms with E-state index in [4.69, 9.17) is 14.6 Å². The third-order valence-corrected chi connectivity index (χ3v) is 8.42. The average molecular weight is 490 g/mol. The van der Waals surface area contributed by atoms with E-state index in [2.05, 4.69) is 40.8 Å². The minimum absolute atomic E-state index is 0.107. The maximum Gasteiger partial charge on any atom is 0.231 e. The fourth-order valence-corrected chi connectivity index (χ4v) is 6.59. The average Bonchev–Trinajstić information content (AvgIpc) is 3.64. The van der Waals surface area contributed by atoms with Crippen LogP contribution >= 0.6 is 0 Å². The molecule has 0 spiro atoms. The Morgan fingerprint density at radius 2 is 1.83 bits per heavy atom. The molecule has 0 bridgehead atoms. The van der Waals surface area contributed by atoms with Crippen LogP contribution in [0.15, 0.2) is 48.5 Å². The Hall–Kier alpha value is -2.86. The van der Waals surface area contributed by atoms with E-state index >= 15 is 0 Å². The molecule has 1 aromatic heterocycles. The highest BCUT2D eigenvalue weighted by molar-refractivity contribution is 5.45. The fraction of sp³-hybridized carbons (Fsp3) is 0.500. The number of ether oxygens (including phenoxy) is 2. The topological polar surface area (TPSA) is 39.5 Å². The van der Waals surface area contributed by atoms with Crippen LogP contribution in [0.1, 0.15) is 73.4 Å². The SMILES string of the molecule is CCn1nc(Cc2ccc3c(c2)OCO3)cc1C1CCN(CC2CCC[C@@H]2c2cccc(F)c2)CC1. The lowest BCUT2D eigenvalue weighted by Gasteiger charge is -2.35. The van der Waals surface area contributed by atoms with Crippen molar-refractivity contribution in [2.45, 2.75) is 63.8 Å². The van der Waals surface area contributed by atoms with Crippen LogP contribution < -0.4 is 9.47 Å². The van der Waals surface area contributed by atoms with Gasteiger partial charge in [0, 0.05) is 31.1 Å². The quantitative estimate of drug-likeness (QED) is 0.401. The molecule has 1 saturated carbocycles. The molecular weight excluding hydrogens is 453 g/mol. The first-order valence-electron chi connectivity index (χ1n) is 13.6. The number of aromatic nitrogens is 2. The molecule has 190 valence electrons. The minimum atomic E-state index is -0.107. The monoisotopic (exact) mass is 489 g/mol. The van der Waals surface area contributed by atoms with Crippen LogP contribution in [0.2, 0.25) is 0 Å². The summed E-state index contributed by atoms with van der Waals surface area (Å²) in [6.45, 7) is 6.78. The molecule has 3 heterocycles. The highest BCUT2D eigenvalue weighted by Crippen LogP contribution is 2.41. The molecule has 2 aliphatic heterocycles. The van der Waals surface area contributed by atoms with Gasteiger partial charge in [0.15, 0.2) is 11.5 Å². The van der Waals surface area contributed by atoms with Crippen molar-refractivity contribution in [1.29, 1.82) is 0 Å². The van der Waals surface area contributed by atoms with E-state index in [0.717, 1.165) is 49.8 Å². The van der Waals surface area contributed by atoms with E-state index in [0.29, 0.717) is 24.5 Å². The number of fused-ring (bicyclic) bond motifs is 1. The van der Waals surface area contributed by atoms with Crippen LogP contribution in [0.25, 0.3) is 0 Å². The van der Waals surface area contributed by atoms with Gasteiger partial charge in [0.1, 0.15) is 5.82 Å². The first-order valence-corrected chi connectivity index (χ1v) is 13.6. The van der Waals surface area contributed by atoms with Gasteiger partial charge in [-0.25, -0.2) is 4.39 Å². The van der Waals surface area contributed by atoms with Gasteiger partial charge in [-0.15, -0.1) is 0 Å². The molecular formula is C30H36FN3O2. The van der Waals surface area contributed by atoms with Crippen LogP contribution in [-0.2, 0) is 13.0 Å². The lowest BCUT2D eigenvalue weighted by Crippen LogP contribution is -2.37. The number of hydrogen-bond acceptors (Lipinski definition) is 4. The third-order valence-electron chi connectivity index (χ3n) is 8.42. The summed E-state index contributed by atoms with van der Waals surface area (Å²) < 4.78 is 27.0. The Balaban J connectivity index is 1.08. The van der Waals surface area contributed by atoms with Crippen molar-refractivity contribution in [2.75, 3.05) is 26.4 Å². The predicted molar refractivity (Wildman–Crippen MR) is 138 cm³/mol. The van der Waals surface area contributed by atoms with Gasteiger partial charge in [0.05, 0.1) is 5.69 Å². The first kappa shape index (κ1) is 23.5. The molecule has 2 fully saturated rings. The molecule has 3 aromatic rings. The number of aryl methyl sites for hydroxylation is 1. The first-order chi connectivity index (χ1) is 17.7. The predicted octanol–water partition coefficient (Wildman–Crippen LogP) is 6.12. The summed E-state index contributed by atoms with van der Waals surface area (Å²) in [6.07, 6.45) is 6.85. The van der Waals surface area contributed by atoms with Crippen LogP contribution in [0, 0.1) is 11.7 Å². The third kappa shape index (κ3) is 4.88. The Labute approximate surface area is 213 Å². The van der Waals surface area contributed by atoms with Crippen LogP contribution in [0.5, 0.6) is 11.5 Å². The summed E-state index contributed by atoms with van der Waals surface area (Å²) in [6, 6.07) is 15.8. The second-order valence-electron chi connectivity index (χ2n) is 10.7. The van der Waals surface area contributed by atoms with Gasteiger partial charge in [-0.1, -0.05) is 24.6 Å². The lowest BCUT2D eigenvalue weighted by molar-refractivity contribution is 0.174. The molecule has 1 unspecified atom stereocenters. The van der Waals surface area contributed by atoms with E-state index in [9.17, 15) is 4.39 Å². The molecule has 2 atom stereocenters. The van der Waals surface area contributed by atoms with Crippen molar-refractivity contribution in [3.8, 4) is 11.5 Å². The maximum absolute atomic E-state index is 13.8. The zero-order valence-electron chi connectivity index (χ0n) is 21.2. The number of likely N-dealkylation sites (tertiary alicyclic amines) is 1. The van der Waals surface area contributed by atoms with Crippen LogP contribution in [0.4, 0.5) is 4.39 Å². The molecule has 2 aromatic carbocycles. The Bertz CT molecular complexity index is 1200. The molecule has 0 amide bonds. The molecule has 6 rings (SSSR count). The number of benzene rings is 2. The summed E-state index contributed by atoms with van der Waals surface area (Å²) in [7, 11) is 0. The van der Waals surface area contributed by atoms with Crippen molar-refractivity contribution in [3.05, 3.63) is 76.9 Å². The van der Waals surface area contributed by atoms with Crippen LogP contribution in [0.3, 0.4) is 0 Å². The van der Waals surface area contributed by atoms with E-state index in [1.54, 1.807) is 12.1 Å². The highest BCUT2D eigenvalue weighted by Gasteiger charge is 2.32. The fourth-order valence-electron chi connectivity index (χ4n) is 6.59. The largest absolute Gasteiger partial charge is 0.454 e. The normalized spacial score (nSPS) is 22.4. The van der Waals surface area contributed by atoms with Gasteiger partial charge in [-0.3, -0.25) is 4.68 Å². The highest BCUT2D eigenvalue weighted by atomic mass is 19.1. The number of rotatable bonds is 7. The molecule has 5 nitrogen and oxygen atoms in total. The molecule has 1 saturated heterocycles. The van der Waals surface area contributed by atoms with Crippen molar-refractivity contribution in [2.24, 2.45) is 5.92 Å². The zero-order valence-corrected chi connectivity index (χ0v) is 21.2. The number of hydrogen-bond donors (Lipinski definition) is 0. The number of piperidine rings is 1. The van der Waals surface area contributed by atoms with E-state index in [-0.39, 0.29) is 5.82 Å².